The van der Waals surface area contributed by atoms with Gasteiger partial charge in [-0.2, -0.15) is 0 Å². The molecule has 0 saturated carbocycles. The quantitative estimate of drug-likeness (QED) is 0.744. The van der Waals surface area contributed by atoms with Crippen LogP contribution < -0.4 is 10.2 Å². The van der Waals surface area contributed by atoms with Gasteiger partial charge in [-0.25, -0.2) is 0 Å². The van der Waals surface area contributed by atoms with Crippen LogP contribution in [0.25, 0.3) is 0 Å². The molecule has 2 rings (SSSR count). The number of halogens is 1. The highest BCUT2D eigenvalue weighted by Gasteiger charge is 2.26. The van der Waals surface area contributed by atoms with Gasteiger partial charge in [-0.05, 0) is 30.0 Å². The number of aryl methyl sites for hydroxylation is 1. The molecule has 1 aromatic carbocycles. The van der Waals surface area contributed by atoms with Gasteiger partial charge in [-0.15, -0.1) is 0 Å². The summed E-state index contributed by atoms with van der Waals surface area (Å²) in [5, 5.41) is 4.29. The second kappa shape index (κ2) is 3.85. The Labute approximate surface area is 103 Å². The topological polar surface area (TPSA) is 15.3 Å². The normalized spacial score (nSPS) is 18.7. The van der Waals surface area contributed by atoms with Gasteiger partial charge in [0, 0.05) is 20.1 Å². The van der Waals surface area contributed by atoms with Crippen molar-refractivity contribution in [1.82, 2.24) is 0 Å². The molecule has 0 radical (unpaired) electrons. The van der Waals surface area contributed by atoms with Gasteiger partial charge < -0.3 is 10.2 Å². The Morgan fingerprint density at radius 2 is 2.06 bits per heavy atom. The van der Waals surface area contributed by atoms with Crippen LogP contribution in [0.15, 0.2) is 12.1 Å². The molecule has 2 nitrogen and oxygen atoms in total. The lowest BCUT2D eigenvalue weighted by Crippen LogP contribution is -2.33. The Hall–Kier alpha value is -0.890. The molecule has 3 heteroatoms. The van der Waals surface area contributed by atoms with E-state index >= 15 is 0 Å². The van der Waals surface area contributed by atoms with E-state index in [0.717, 1.165) is 23.8 Å². The summed E-state index contributed by atoms with van der Waals surface area (Å²) in [6, 6.07) is 4.20. The fraction of sp³-hybridized carbons (Fsp3) is 0.538. The van der Waals surface area contributed by atoms with Crippen molar-refractivity contribution in [2.24, 2.45) is 5.41 Å². The Morgan fingerprint density at radius 3 is 2.75 bits per heavy atom. The largest absolute Gasteiger partial charge is 0.382 e. The average Bonchev–Trinajstić information content (AvgIpc) is 2.23. The summed E-state index contributed by atoms with van der Waals surface area (Å²) in [4.78, 5) is 2.29. The van der Waals surface area contributed by atoms with Gasteiger partial charge in [0.15, 0.2) is 0 Å². The smallest absolute Gasteiger partial charge is 0.0767 e. The van der Waals surface area contributed by atoms with Crippen LogP contribution in [-0.4, -0.2) is 20.1 Å². The number of fused-ring (bicyclic) bond motifs is 1. The molecule has 0 fully saturated rings. The van der Waals surface area contributed by atoms with Crippen molar-refractivity contribution in [3.63, 3.8) is 0 Å². The molecular formula is C13H19ClN2. The summed E-state index contributed by atoms with van der Waals surface area (Å²) in [5.74, 6) is 0. The maximum Gasteiger partial charge on any atom is 0.0767 e. The van der Waals surface area contributed by atoms with Gasteiger partial charge in [-0.1, -0.05) is 25.4 Å². The molecule has 0 spiro atoms. The first-order valence-corrected chi connectivity index (χ1v) is 6.02. The van der Waals surface area contributed by atoms with Crippen LogP contribution in [0.2, 0.25) is 5.02 Å². The lowest BCUT2D eigenvalue weighted by Gasteiger charge is -2.27. The van der Waals surface area contributed by atoms with Crippen LogP contribution in [0.3, 0.4) is 0 Å². The van der Waals surface area contributed by atoms with Crippen LogP contribution in [0.4, 0.5) is 11.4 Å². The van der Waals surface area contributed by atoms with Gasteiger partial charge in [0.25, 0.3) is 0 Å². The van der Waals surface area contributed by atoms with Crippen molar-refractivity contribution in [2.75, 3.05) is 30.4 Å². The molecule has 88 valence electrons. The molecule has 1 aliphatic heterocycles. The highest BCUT2D eigenvalue weighted by atomic mass is 35.5. The molecular weight excluding hydrogens is 220 g/mol. The van der Waals surface area contributed by atoms with Gasteiger partial charge in [0.05, 0.1) is 16.4 Å². The van der Waals surface area contributed by atoms with Crippen molar-refractivity contribution in [1.29, 1.82) is 0 Å². The third kappa shape index (κ3) is 2.12. The second-order valence-electron chi connectivity index (χ2n) is 5.51. The molecule has 0 amide bonds. The van der Waals surface area contributed by atoms with Gasteiger partial charge in [0.1, 0.15) is 0 Å². The van der Waals surface area contributed by atoms with Gasteiger partial charge in [0.2, 0.25) is 0 Å². The summed E-state index contributed by atoms with van der Waals surface area (Å²) >= 11 is 6.29. The first-order chi connectivity index (χ1) is 7.39. The van der Waals surface area contributed by atoms with Crippen LogP contribution in [0.1, 0.15) is 19.4 Å². The molecule has 1 N–H and O–H groups in total. The summed E-state index contributed by atoms with van der Waals surface area (Å²) < 4.78 is 0. The molecule has 0 bridgehead atoms. The van der Waals surface area contributed by atoms with E-state index in [2.05, 4.69) is 44.1 Å². The Balaban J connectivity index is 2.49. The van der Waals surface area contributed by atoms with Crippen LogP contribution >= 0.6 is 11.6 Å². The van der Waals surface area contributed by atoms with E-state index in [-0.39, 0.29) is 5.41 Å². The number of hydrogen-bond donors (Lipinski definition) is 1. The fourth-order valence-electron chi connectivity index (χ4n) is 2.31. The predicted molar refractivity (Wildman–Crippen MR) is 71.7 cm³/mol. The maximum absolute atomic E-state index is 6.29. The van der Waals surface area contributed by atoms with Crippen LogP contribution in [0, 0.1) is 12.3 Å². The van der Waals surface area contributed by atoms with Crippen LogP contribution in [0.5, 0.6) is 0 Å². The minimum atomic E-state index is 0.255. The molecule has 0 atom stereocenters. The molecule has 0 saturated heterocycles. The number of benzene rings is 1. The van der Waals surface area contributed by atoms with E-state index in [0.29, 0.717) is 0 Å². The third-order valence-corrected chi connectivity index (χ3v) is 3.33. The lowest BCUT2D eigenvalue weighted by molar-refractivity contribution is 0.403. The van der Waals surface area contributed by atoms with Crippen molar-refractivity contribution in [3.05, 3.63) is 22.7 Å². The number of nitrogens with zero attached hydrogens (tertiary/aromatic N) is 1. The van der Waals surface area contributed by atoms with Crippen molar-refractivity contribution in [3.8, 4) is 0 Å². The first kappa shape index (κ1) is 11.6. The minimum absolute atomic E-state index is 0.255. The minimum Gasteiger partial charge on any atom is -0.382 e. The van der Waals surface area contributed by atoms with E-state index in [4.69, 9.17) is 11.6 Å². The Kier molecular flexibility index (Phi) is 2.79. The SMILES string of the molecule is Cc1cc(Cl)c2c(c1)N(C)CC(C)(C)CN2. The van der Waals surface area contributed by atoms with Crippen molar-refractivity contribution >= 4 is 23.0 Å². The number of anilines is 2. The zero-order chi connectivity index (χ0) is 11.9. The van der Waals surface area contributed by atoms with Gasteiger partial charge >= 0.3 is 0 Å². The summed E-state index contributed by atoms with van der Waals surface area (Å²) in [5.41, 5.74) is 3.73. The summed E-state index contributed by atoms with van der Waals surface area (Å²) in [6.07, 6.45) is 0. The molecule has 0 unspecified atom stereocenters. The monoisotopic (exact) mass is 238 g/mol. The lowest BCUT2D eigenvalue weighted by atomic mass is 9.93. The molecule has 16 heavy (non-hydrogen) atoms. The molecule has 0 aliphatic carbocycles. The van der Waals surface area contributed by atoms with E-state index in [1.807, 2.05) is 6.07 Å². The molecule has 1 aromatic rings. The van der Waals surface area contributed by atoms with E-state index < -0.39 is 0 Å². The molecule has 0 aromatic heterocycles. The first-order valence-electron chi connectivity index (χ1n) is 5.64. The standard InChI is InChI=1S/C13H19ClN2/c1-9-5-10(14)12-11(6-9)16(4)8-13(2,3)7-15-12/h5-6,15H,7-8H2,1-4H3. The van der Waals surface area contributed by atoms with E-state index in [9.17, 15) is 0 Å². The highest BCUT2D eigenvalue weighted by Crippen LogP contribution is 2.38. The summed E-state index contributed by atoms with van der Waals surface area (Å²) in [6.45, 7) is 8.60. The average molecular weight is 239 g/mol. The Morgan fingerprint density at radius 1 is 1.38 bits per heavy atom. The zero-order valence-electron chi connectivity index (χ0n) is 10.4. The third-order valence-electron chi connectivity index (χ3n) is 3.03. The fourth-order valence-corrected chi connectivity index (χ4v) is 2.65. The van der Waals surface area contributed by atoms with Crippen molar-refractivity contribution < 1.29 is 0 Å². The zero-order valence-corrected chi connectivity index (χ0v) is 11.2. The Bertz CT molecular complexity index is 413. The number of hydrogen-bond acceptors (Lipinski definition) is 2. The molecule has 1 heterocycles. The van der Waals surface area contributed by atoms with E-state index in [1.54, 1.807) is 0 Å². The van der Waals surface area contributed by atoms with Gasteiger partial charge in [-0.3, -0.25) is 0 Å². The maximum atomic E-state index is 6.29. The summed E-state index contributed by atoms with van der Waals surface area (Å²) in [7, 11) is 2.13. The highest BCUT2D eigenvalue weighted by molar-refractivity contribution is 6.34. The van der Waals surface area contributed by atoms with Crippen molar-refractivity contribution in [2.45, 2.75) is 20.8 Å². The molecule has 1 aliphatic rings. The van der Waals surface area contributed by atoms with Crippen LogP contribution in [-0.2, 0) is 0 Å². The number of nitrogens with one attached hydrogen (secondary N) is 1. The van der Waals surface area contributed by atoms with E-state index in [1.165, 1.54) is 11.3 Å². The predicted octanol–water partition coefficient (Wildman–Crippen LogP) is 3.54. The number of rotatable bonds is 0. The second-order valence-corrected chi connectivity index (χ2v) is 5.92.